The summed E-state index contributed by atoms with van der Waals surface area (Å²) in [7, 11) is 0. The van der Waals surface area contributed by atoms with Gasteiger partial charge in [-0.3, -0.25) is 4.79 Å². The van der Waals surface area contributed by atoms with Gasteiger partial charge in [-0.1, -0.05) is 59.4 Å². The summed E-state index contributed by atoms with van der Waals surface area (Å²) >= 11 is 1.48. The maximum atomic E-state index is 13.0. The molecule has 1 aliphatic rings. The van der Waals surface area contributed by atoms with Crippen molar-refractivity contribution in [2.24, 2.45) is 0 Å². The lowest BCUT2D eigenvalue weighted by molar-refractivity contribution is 0.103. The minimum atomic E-state index is -0.101. The first-order chi connectivity index (χ1) is 12.7. The highest BCUT2D eigenvalue weighted by Gasteiger charge is 2.23. The van der Waals surface area contributed by atoms with Crippen LogP contribution in [0.25, 0.3) is 11.3 Å². The predicted molar refractivity (Wildman–Crippen MR) is 108 cm³/mol. The molecule has 0 saturated carbocycles. The minimum Gasteiger partial charge on any atom is -0.348 e. The van der Waals surface area contributed by atoms with Gasteiger partial charge >= 0.3 is 0 Å². The van der Waals surface area contributed by atoms with Crippen LogP contribution in [0.3, 0.4) is 0 Å². The number of amides is 1. The van der Waals surface area contributed by atoms with Crippen molar-refractivity contribution in [3.05, 3.63) is 65.0 Å². The van der Waals surface area contributed by atoms with Gasteiger partial charge in [0.25, 0.3) is 5.91 Å². The first-order valence-electron chi connectivity index (χ1n) is 8.90. The maximum absolute atomic E-state index is 13.0. The number of carbonyl (C=O) groups excluding carboxylic acids is 1. The molecule has 132 valence electrons. The number of hydrogen-bond donors (Lipinski definition) is 1. The highest BCUT2D eigenvalue weighted by atomic mass is 32.1. The van der Waals surface area contributed by atoms with Gasteiger partial charge in [-0.2, -0.15) is 0 Å². The van der Waals surface area contributed by atoms with Crippen LogP contribution in [0.4, 0.5) is 10.8 Å². The normalized spacial score (nSPS) is 13.8. The van der Waals surface area contributed by atoms with Crippen LogP contribution in [-0.4, -0.2) is 24.0 Å². The molecule has 4 nitrogen and oxygen atoms in total. The van der Waals surface area contributed by atoms with Gasteiger partial charge in [0.1, 0.15) is 4.88 Å². The number of aromatic nitrogens is 1. The number of hydrogen-bond acceptors (Lipinski definition) is 4. The Labute approximate surface area is 157 Å². The summed E-state index contributed by atoms with van der Waals surface area (Å²) in [4.78, 5) is 20.7. The molecule has 2 aromatic carbocycles. The topological polar surface area (TPSA) is 45.2 Å². The van der Waals surface area contributed by atoms with Crippen LogP contribution in [0.2, 0.25) is 0 Å². The van der Waals surface area contributed by atoms with Gasteiger partial charge in [-0.05, 0) is 31.9 Å². The number of anilines is 2. The minimum absolute atomic E-state index is 0.101. The first-order valence-corrected chi connectivity index (χ1v) is 9.71. The Balaban J connectivity index is 1.68. The molecule has 5 heteroatoms. The summed E-state index contributed by atoms with van der Waals surface area (Å²) in [5.41, 5.74) is 3.71. The average molecular weight is 363 g/mol. The molecule has 26 heavy (non-hydrogen) atoms. The molecule has 0 bridgehead atoms. The molecule has 1 amide bonds. The van der Waals surface area contributed by atoms with Crippen LogP contribution in [0.1, 0.15) is 28.1 Å². The van der Waals surface area contributed by atoms with Crippen LogP contribution in [-0.2, 0) is 0 Å². The van der Waals surface area contributed by atoms with E-state index in [-0.39, 0.29) is 5.91 Å². The van der Waals surface area contributed by atoms with E-state index in [1.807, 2.05) is 61.5 Å². The largest absolute Gasteiger partial charge is 0.348 e. The fraction of sp³-hybridized carbons (Fsp3) is 0.238. The second-order valence-corrected chi connectivity index (χ2v) is 7.53. The molecule has 1 N–H and O–H groups in total. The molecule has 0 radical (unpaired) electrons. The lowest BCUT2D eigenvalue weighted by Gasteiger charge is -2.12. The molecule has 2 heterocycles. The summed E-state index contributed by atoms with van der Waals surface area (Å²) in [6.07, 6.45) is 2.37. The summed E-state index contributed by atoms with van der Waals surface area (Å²) in [5, 5.41) is 3.95. The van der Waals surface area contributed by atoms with E-state index in [0.29, 0.717) is 4.88 Å². The Hall–Kier alpha value is -2.66. The van der Waals surface area contributed by atoms with Crippen LogP contribution in [0.5, 0.6) is 0 Å². The van der Waals surface area contributed by atoms with E-state index in [1.165, 1.54) is 29.7 Å². The third kappa shape index (κ3) is 3.48. The van der Waals surface area contributed by atoms with Crippen molar-refractivity contribution in [2.75, 3.05) is 23.3 Å². The Morgan fingerprint density at radius 1 is 1.04 bits per heavy atom. The monoisotopic (exact) mass is 363 g/mol. The number of nitrogens with one attached hydrogen (secondary N) is 1. The van der Waals surface area contributed by atoms with Gasteiger partial charge in [0.2, 0.25) is 0 Å². The van der Waals surface area contributed by atoms with E-state index < -0.39 is 0 Å². The van der Waals surface area contributed by atoms with Gasteiger partial charge in [0, 0.05) is 24.3 Å². The van der Waals surface area contributed by atoms with Crippen LogP contribution < -0.4 is 10.2 Å². The molecule has 1 aliphatic heterocycles. The Morgan fingerprint density at radius 3 is 2.42 bits per heavy atom. The highest BCUT2D eigenvalue weighted by Crippen LogP contribution is 2.35. The molecule has 4 rings (SSSR count). The van der Waals surface area contributed by atoms with Gasteiger partial charge in [0.05, 0.1) is 5.69 Å². The van der Waals surface area contributed by atoms with Crippen LogP contribution in [0.15, 0.2) is 54.6 Å². The number of carbonyl (C=O) groups is 1. The zero-order valence-corrected chi connectivity index (χ0v) is 15.6. The van der Waals surface area contributed by atoms with E-state index >= 15 is 0 Å². The van der Waals surface area contributed by atoms with E-state index in [2.05, 4.69) is 10.2 Å². The van der Waals surface area contributed by atoms with Gasteiger partial charge < -0.3 is 10.2 Å². The van der Waals surface area contributed by atoms with Gasteiger partial charge in [0.15, 0.2) is 5.13 Å². The highest BCUT2D eigenvalue weighted by molar-refractivity contribution is 7.18. The van der Waals surface area contributed by atoms with Crippen molar-refractivity contribution in [1.82, 2.24) is 4.98 Å². The molecular formula is C21H21N3OS. The lowest BCUT2D eigenvalue weighted by atomic mass is 10.1. The number of thiazole rings is 1. The fourth-order valence-electron chi connectivity index (χ4n) is 3.12. The summed E-state index contributed by atoms with van der Waals surface area (Å²) in [5.74, 6) is -0.101. The van der Waals surface area contributed by atoms with E-state index in [4.69, 9.17) is 4.98 Å². The van der Waals surface area contributed by atoms with E-state index in [1.54, 1.807) is 0 Å². The predicted octanol–water partition coefficient (Wildman–Crippen LogP) is 4.97. The Morgan fingerprint density at radius 2 is 1.73 bits per heavy atom. The lowest BCUT2D eigenvalue weighted by Crippen LogP contribution is -2.17. The van der Waals surface area contributed by atoms with Gasteiger partial charge in [-0.15, -0.1) is 0 Å². The molecule has 0 unspecified atom stereocenters. The summed E-state index contributed by atoms with van der Waals surface area (Å²) in [6, 6.07) is 17.8. The summed E-state index contributed by atoms with van der Waals surface area (Å²) in [6.45, 7) is 4.06. The molecule has 0 aliphatic carbocycles. The molecule has 0 spiro atoms. The first kappa shape index (κ1) is 16.8. The average Bonchev–Trinajstić information content (AvgIpc) is 3.34. The van der Waals surface area contributed by atoms with Crippen molar-refractivity contribution < 1.29 is 4.79 Å². The number of benzene rings is 2. The number of aryl methyl sites for hydroxylation is 1. The molecule has 1 aromatic heterocycles. The quantitative estimate of drug-likeness (QED) is 0.712. The molecule has 1 saturated heterocycles. The van der Waals surface area contributed by atoms with Crippen molar-refractivity contribution in [1.29, 1.82) is 0 Å². The third-order valence-electron chi connectivity index (χ3n) is 4.56. The molecule has 1 fully saturated rings. The second-order valence-electron chi connectivity index (χ2n) is 6.55. The molecular weight excluding hydrogens is 342 g/mol. The zero-order chi connectivity index (χ0) is 17.9. The molecule has 0 atom stereocenters. The zero-order valence-electron chi connectivity index (χ0n) is 14.7. The van der Waals surface area contributed by atoms with Crippen molar-refractivity contribution in [3.8, 4) is 11.3 Å². The number of nitrogens with zero attached hydrogens (tertiary/aromatic N) is 2. The van der Waals surface area contributed by atoms with Crippen molar-refractivity contribution in [2.45, 2.75) is 19.8 Å². The smallest absolute Gasteiger partial charge is 0.268 e. The van der Waals surface area contributed by atoms with E-state index in [9.17, 15) is 4.79 Å². The van der Waals surface area contributed by atoms with Crippen LogP contribution in [0, 0.1) is 6.92 Å². The second kappa shape index (κ2) is 7.30. The Bertz CT molecular complexity index is 897. The maximum Gasteiger partial charge on any atom is 0.268 e. The molecule has 3 aromatic rings. The van der Waals surface area contributed by atoms with E-state index in [0.717, 1.165) is 35.2 Å². The third-order valence-corrected chi connectivity index (χ3v) is 5.67. The Kier molecular flexibility index (Phi) is 4.71. The fourth-order valence-corrected chi connectivity index (χ4v) is 4.16. The van der Waals surface area contributed by atoms with Crippen molar-refractivity contribution >= 4 is 28.1 Å². The van der Waals surface area contributed by atoms with Gasteiger partial charge in [-0.25, -0.2) is 4.98 Å². The SMILES string of the molecule is Cc1ccc(NC(=O)c2sc(N3CCCC3)nc2-c2ccccc2)cc1. The standard InChI is InChI=1S/C21H21N3OS/c1-15-9-11-17(12-10-15)22-20(25)19-18(16-7-3-2-4-8-16)23-21(26-19)24-13-5-6-14-24/h2-4,7-12H,5-6,13-14H2,1H3,(H,22,25). The van der Waals surface area contributed by atoms with Crippen LogP contribution >= 0.6 is 11.3 Å². The summed E-state index contributed by atoms with van der Waals surface area (Å²) < 4.78 is 0. The van der Waals surface area contributed by atoms with Crippen molar-refractivity contribution in [3.63, 3.8) is 0 Å². The number of rotatable bonds is 4.